The lowest BCUT2D eigenvalue weighted by Crippen LogP contribution is -2.58. The lowest BCUT2D eigenvalue weighted by Gasteiger charge is -2.31. The zero-order valence-corrected chi connectivity index (χ0v) is 13.1. The molecule has 5 nitrogen and oxygen atoms in total. The highest BCUT2D eigenvalue weighted by atomic mass is 16.6. The summed E-state index contributed by atoms with van der Waals surface area (Å²) >= 11 is 0. The van der Waals surface area contributed by atoms with Crippen LogP contribution < -0.4 is 5.73 Å². The van der Waals surface area contributed by atoms with Crippen LogP contribution in [0.2, 0.25) is 0 Å². The van der Waals surface area contributed by atoms with Gasteiger partial charge in [-0.1, -0.05) is 20.8 Å². The molecule has 0 rings (SSSR count). The molecule has 19 heavy (non-hydrogen) atoms. The third-order valence-corrected chi connectivity index (χ3v) is 2.58. The molecule has 0 aromatic carbocycles. The summed E-state index contributed by atoms with van der Waals surface area (Å²) < 4.78 is 9.88. The van der Waals surface area contributed by atoms with Gasteiger partial charge in [-0.05, 0) is 39.0 Å². The summed E-state index contributed by atoms with van der Waals surface area (Å²) in [5.74, 6) is -1.50. The Labute approximate surface area is 115 Å². The molecule has 1 atom stereocenters. The van der Waals surface area contributed by atoms with Crippen LogP contribution >= 0.6 is 0 Å². The maximum atomic E-state index is 12.1. The molecule has 0 aliphatic heterocycles. The molecule has 0 saturated heterocycles. The van der Waals surface area contributed by atoms with Gasteiger partial charge in [0, 0.05) is 0 Å². The molecular weight excluding hydrogens is 246 g/mol. The summed E-state index contributed by atoms with van der Waals surface area (Å²) in [6.45, 7) is 11.2. The molecular formula is C14H27NO4. The quantitative estimate of drug-likeness (QED) is 0.626. The fourth-order valence-corrected chi connectivity index (χ4v) is 1.41. The van der Waals surface area contributed by atoms with Crippen LogP contribution in [0.3, 0.4) is 0 Å². The van der Waals surface area contributed by atoms with E-state index in [2.05, 4.69) is 4.74 Å². The van der Waals surface area contributed by atoms with Crippen LogP contribution in [0, 0.1) is 5.41 Å². The van der Waals surface area contributed by atoms with E-state index in [1.165, 1.54) is 7.11 Å². The average molecular weight is 273 g/mol. The van der Waals surface area contributed by atoms with Crippen LogP contribution in [0.1, 0.15) is 54.4 Å². The largest absolute Gasteiger partial charge is 0.467 e. The van der Waals surface area contributed by atoms with Crippen molar-refractivity contribution < 1.29 is 19.1 Å². The molecule has 0 aromatic heterocycles. The predicted molar refractivity (Wildman–Crippen MR) is 73.5 cm³/mol. The number of hydrogen-bond donors (Lipinski definition) is 1. The number of rotatable bonds is 4. The van der Waals surface area contributed by atoms with Crippen molar-refractivity contribution in [2.45, 2.75) is 65.5 Å². The van der Waals surface area contributed by atoms with Gasteiger partial charge in [-0.3, -0.25) is 0 Å². The van der Waals surface area contributed by atoms with Crippen molar-refractivity contribution in [3.8, 4) is 0 Å². The average Bonchev–Trinajstić information content (AvgIpc) is 2.21. The van der Waals surface area contributed by atoms with Crippen LogP contribution in [0.15, 0.2) is 0 Å². The van der Waals surface area contributed by atoms with Crippen LogP contribution in [0.4, 0.5) is 0 Å². The summed E-state index contributed by atoms with van der Waals surface area (Å²) in [5, 5.41) is 0. The third kappa shape index (κ3) is 6.05. The predicted octanol–water partition coefficient (Wildman–Crippen LogP) is 2.02. The Balaban J connectivity index is 5.08. The Morgan fingerprint density at radius 2 is 1.42 bits per heavy atom. The van der Waals surface area contributed by atoms with Gasteiger partial charge in [0.15, 0.2) is 0 Å². The van der Waals surface area contributed by atoms with Crippen molar-refractivity contribution in [2.75, 3.05) is 7.11 Å². The van der Waals surface area contributed by atoms with Gasteiger partial charge < -0.3 is 15.2 Å². The maximum Gasteiger partial charge on any atom is 0.338 e. The normalized spacial score (nSPS) is 15.6. The van der Waals surface area contributed by atoms with Gasteiger partial charge in [0.1, 0.15) is 5.60 Å². The first-order chi connectivity index (χ1) is 8.32. The van der Waals surface area contributed by atoms with Crippen molar-refractivity contribution in [3.63, 3.8) is 0 Å². The third-order valence-electron chi connectivity index (χ3n) is 2.58. The molecule has 0 aliphatic carbocycles. The van der Waals surface area contributed by atoms with Crippen molar-refractivity contribution in [1.82, 2.24) is 0 Å². The van der Waals surface area contributed by atoms with Crippen LogP contribution in [-0.4, -0.2) is 30.2 Å². The van der Waals surface area contributed by atoms with E-state index in [9.17, 15) is 9.59 Å². The van der Waals surface area contributed by atoms with Gasteiger partial charge >= 0.3 is 11.9 Å². The van der Waals surface area contributed by atoms with E-state index in [0.717, 1.165) is 0 Å². The minimum Gasteiger partial charge on any atom is -0.467 e. The minimum absolute atomic E-state index is 0.0410. The minimum atomic E-state index is -1.74. The highest BCUT2D eigenvalue weighted by Gasteiger charge is 2.46. The number of carbonyl (C=O) groups is 2. The molecule has 0 bridgehead atoms. The lowest BCUT2D eigenvalue weighted by molar-refractivity contribution is -0.171. The molecule has 0 aliphatic rings. The van der Waals surface area contributed by atoms with Crippen molar-refractivity contribution in [2.24, 2.45) is 11.1 Å². The number of esters is 2. The summed E-state index contributed by atoms with van der Waals surface area (Å²) in [7, 11) is 1.21. The number of carbonyl (C=O) groups excluding carboxylic acids is 2. The molecule has 0 amide bonds. The monoisotopic (exact) mass is 273 g/mol. The topological polar surface area (TPSA) is 78.6 Å². The van der Waals surface area contributed by atoms with E-state index in [1.807, 2.05) is 20.8 Å². The fraction of sp³-hybridized carbons (Fsp3) is 0.857. The number of ether oxygens (including phenoxy) is 2. The standard InChI is InChI=1S/C14H27NO4/c1-12(2,3)8-9-14(15,10(16)18-7)11(17)19-13(4,5)6/h8-9,15H2,1-7H3. The summed E-state index contributed by atoms with van der Waals surface area (Å²) in [6.07, 6.45) is 0.802. The zero-order chi connectivity index (χ0) is 15.5. The molecule has 112 valence electrons. The highest BCUT2D eigenvalue weighted by molar-refractivity contribution is 6.04. The second-order valence-corrected chi connectivity index (χ2v) is 7.03. The SMILES string of the molecule is COC(=O)C(N)(CCC(C)(C)C)C(=O)OC(C)(C)C. The fourth-order valence-electron chi connectivity index (χ4n) is 1.41. The van der Waals surface area contributed by atoms with Gasteiger partial charge in [-0.15, -0.1) is 0 Å². The molecule has 1 unspecified atom stereocenters. The van der Waals surface area contributed by atoms with E-state index in [0.29, 0.717) is 6.42 Å². The van der Waals surface area contributed by atoms with Crippen molar-refractivity contribution in [1.29, 1.82) is 0 Å². The zero-order valence-electron chi connectivity index (χ0n) is 13.1. The van der Waals surface area contributed by atoms with Crippen molar-refractivity contribution >= 4 is 11.9 Å². The first-order valence-corrected chi connectivity index (χ1v) is 6.42. The molecule has 0 heterocycles. The Hall–Kier alpha value is -1.10. The number of methoxy groups -OCH3 is 1. The van der Waals surface area contributed by atoms with Crippen LogP contribution in [-0.2, 0) is 19.1 Å². The first-order valence-electron chi connectivity index (χ1n) is 6.42. The number of hydrogen-bond acceptors (Lipinski definition) is 5. The van der Waals surface area contributed by atoms with Gasteiger partial charge in [0.2, 0.25) is 5.54 Å². The van der Waals surface area contributed by atoms with Crippen molar-refractivity contribution in [3.05, 3.63) is 0 Å². The molecule has 0 saturated carbocycles. The maximum absolute atomic E-state index is 12.1. The lowest BCUT2D eigenvalue weighted by atomic mass is 9.83. The van der Waals surface area contributed by atoms with Gasteiger partial charge in [-0.25, -0.2) is 9.59 Å². The van der Waals surface area contributed by atoms with E-state index in [-0.39, 0.29) is 11.8 Å². The summed E-state index contributed by atoms with van der Waals surface area (Å²) in [4.78, 5) is 24.0. The highest BCUT2D eigenvalue weighted by Crippen LogP contribution is 2.27. The van der Waals surface area contributed by atoms with E-state index in [4.69, 9.17) is 10.5 Å². The molecule has 5 heteroatoms. The Morgan fingerprint density at radius 3 is 1.74 bits per heavy atom. The molecule has 0 fully saturated rings. The first kappa shape index (κ1) is 17.9. The van der Waals surface area contributed by atoms with E-state index < -0.39 is 23.1 Å². The summed E-state index contributed by atoms with van der Waals surface area (Å²) in [5.41, 5.74) is 3.48. The Kier molecular flexibility index (Phi) is 5.56. The second-order valence-electron chi connectivity index (χ2n) is 7.03. The Bertz CT molecular complexity index is 338. The Morgan fingerprint density at radius 1 is 0.947 bits per heavy atom. The smallest absolute Gasteiger partial charge is 0.338 e. The second kappa shape index (κ2) is 5.90. The van der Waals surface area contributed by atoms with Gasteiger partial charge in [0.05, 0.1) is 7.11 Å². The molecule has 0 spiro atoms. The van der Waals surface area contributed by atoms with Crippen LogP contribution in [0.5, 0.6) is 0 Å². The van der Waals surface area contributed by atoms with E-state index in [1.54, 1.807) is 20.8 Å². The van der Waals surface area contributed by atoms with Crippen LogP contribution in [0.25, 0.3) is 0 Å². The molecule has 0 radical (unpaired) electrons. The molecule has 2 N–H and O–H groups in total. The van der Waals surface area contributed by atoms with Gasteiger partial charge in [0.25, 0.3) is 0 Å². The summed E-state index contributed by atoms with van der Waals surface area (Å²) in [6, 6.07) is 0. The molecule has 0 aromatic rings. The van der Waals surface area contributed by atoms with Gasteiger partial charge in [-0.2, -0.15) is 0 Å². The van der Waals surface area contributed by atoms with E-state index >= 15 is 0 Å². The number of nitrogens with two attached hydrogens (primary N) is 1.